The van der Waals surface area contributed by atoms with Crippen LogP contribution in [0.2, 0.25) is 0 Å². The Morgan fingerprint density at radius 3 is 1.60 bits per heavy atom. The van der Waals surface area contributed by atoms with Gasteiger partial charge in [0.1, 0.15) is 0 Å². The number of benzene rings is 10. The Hall–Kier alpha value is -7.68. The number of nitrogens with zero attached hydrogens (tertiary/aromatic N) is 2. The highest BCUT2D eigenvalue weighted by Crippen LogP contribution is 2.45. The predicted molar refractivity (Wildman–Crippen MR) is 247 cm³/mol. The van der Waals surface area contributed by atoms with Gasteiger partial charge >= 0.3 is 0 Å². The molecule has 0 aliphatic rings. The lowest BCUT2D eigenvalue weighted by atomic mass is 9.98. The first-order valence-electron chi connectivity index (χ1n) is 19.9. The van der Waals surface area contributed by atoms with Crippen molar-refractivity contribution in [2.75, 3.05) is 4.90 Å². The van der Waals surface area contributed by atoms with Gasteiger partial charge in [-0.1, -0.05) is 176 Å². The van der Waals surface area contributed by atoms with Crippen LogP contribution in [0.3, 0.4) is 0 Å². The molecule has 0 aliphatic heterocycles. The first kappa shape index (κ1) is 33.6. The van der Waals surface area contributed by atoms with Crippen molar-refractivity contribution in [3.05, 3.63) is 231 Å². The number of fused-ring (bicyclic) bond motifs is 5. The van der Waals surface area contributed by atoms with Gasteiger partial charge in [-0.05, 0) is 98.4 Å². The molecule has 0 N–H and O–H groups in total. The van der Waals surface area contributed by atoms with Crippen molar-refractivity contribution >= 4 is 60.4 Å². The molecule has 0 bridgehead atoms. The minimum absolute atomic E-state index is 1.08. The van der Waals surface area contributed by atoms with E-state index in [9.17, 15) is 0 Å². The summed E-state index contributed by atoms with van der Waals surface area (Å²) in [5.74, 6) is 0. The molecule has 0 aliphatic carbocycles. The van der Waals surface area contributed by atoms with Gasteiger partial charge < -0.3 is 9.47 Å². The van der Waals surface area contributed by atoms with Gasteiger partial charge in [-0.25, -0.2) is 0 Å². The van der Waals surface area contributed by atoms with Crippen LogP contribution in [0.25, 0.3) is 82.4 Å². The van der Waals surface area contributed by atoms with E-state index < -0.39 is 0 Å². The lowest BCUT2D eigenvalue weighted by molar-refractivity contribution is 1.18. The molecule has 11 aromatic rings. The highest BCUT2D eigenvalue weighted by atomic mass is 15.1. The third-order valence-electron chi connectivity index (χ3n) is 11.5. The van der Waals surface area contributed by atoms with Crippen LogP contribution < -0.4 is 4.90 Å². The fourth-order valence-corrected chi connectivity index (χ4v) is 8.75. The van der Waals surface area contributed by atoms with E-state index in [1.165, 1.54) is 71.2 Å². The zero-order valence-electron chi connectivity index (χ0n) is 31.8. The second-order valence-corrected chi connectivity index (χ2v) is 15.0. The van der Waals surface area contributed by atoms with Gasteiger partial charge in [-0.2, -0.15) is 0 Å². The molecular weight excluding hydrogens is 701 g/mol. The largest absolute Gasteiger partial charge is 0.310 e. The van der Waals surface area contributed by atoms with Crippen LogP contribution in [0.4, 0.5) is 17.1 Å². The fraction of sp³-hybridized carbons (Fsp3) is 0. The molecule has 0 unspecified atom stereocenters. The second-order valence-electron chi connectivity index (χ2n) is 15.0. The molecule has 10 aromatic carbocycles. The molecule has 272 valence electrons. The van der Waals surface area contributed by atoms with E-state index in [4.69, 9.17) is 0 Å². The Labute approximate surface area is 338 Å². The third-order valence-corrected chi connectivity index (χ3v) is 11.5. The normalized spacial score (nSPS) is 11.4. The number of rotatable bonds is 7. The standard InChI is InChI=1S/C56H38N2/c1-3-16-41(17-4-1)49-23-11-13-25-53(49)57(47-31-29-40(30-32-47)46-28-27-39-15-7-8-20-43(39)35-46)48-33-34-51-50-24-12-14-26-54(50)58(56(51)38-48)55-37-45-22-10-9-21-44(45)36-52(55)42-18-5-2-6-19-42/h1-38H. The van der Waals surface area contributed by atoms with Crippen LogP contribution in [0, 0.1) is 0 Å². The summed E-state index contributed by atoms with van der Waals surface area (Å²) in [4.78, 5) is 2.42. The third kappa shape index (κ3) is 5.82. The molecule has 0 spiro atoms. The number of anilines is 3. The SMILES string of the molecule is c1ccc(-c2ccccc2N(c2ccc(-c3ccc4ccccc4c3)cc2)c2ccc3c4ccccc4n(-c4cc5ccccc5cc4-c4ccccc4)c3c2)cc1. The lowest BCUT2D eigenvalue weighted by Gasteiger charge is -2.28. The molecule has 0 saturated carbocycles. The molecule has 2 nitrogen and oxygen atoms in total. The van der Waals surface area contributed by atoms with E-state index in [-0.39, 0.29) is 0 Å². The smallest absolute Gasteiger partial charge is 0.0562 e. The number of para-hydroxylation sites is 2. The van der Waals surface area contributed by atoms with E-state index in [0.717, 1.165) is 28.3 Å². The molecule has 0 radical (unpaired) electrons. The van der Waals surface area contributed by atoms with E-state index in [1.54, 1.807) is 0 Å². The van der Waals surface area contributed by atoms with Crippen LogP contribution in [-0.2, 0) is 0 Å². The quantitative estimate of drug-likeness (QED) is 0.158. The highest BCUT2D eigenvalue weighted by molar-refractivity contribution is 6.11. The Morgan fingerprint density at radius 1 is 0.293 bits per heavy atom. The zero-order valence-corrected chi connectivity index (χ0v) is 31.8. The van der Waals surface area contributed by atoms with Crippen molar-refractivity contribution in [3.63, 3.8) is 0 Å². The average Bonchev–Trinajstić information content (AvgIpc) is 3.63. The van der Waals surface area contributed by atoms with Crippen molar-refractivity contribution in [1.29, 1.82) is 0 Å². The van der Waals surface area contributed by atoms with Crippen LogP contribution in [0.1, 0.15) is 0 Å². The fourth-order valence-electron chi connectivity index (χ4n) is 8.75. The maximum absolute atomic E-state index is 2.48. The van der Waals surface area contributed by atoms with Crippen LogP contribution in [0.5, 0.6) is 0 Å². The molecule has 2 heteroatoms. The van der Waals surface area contributed by atoms with Gasteiger partial charge in [0.25, 0.3) is 0 Å². The summed E-state index contributed by atoms with van der Waals surface area (Å²) in [6, 6.07) is 83.8. The van der Waals surface area contributed by atoms with Crippen molar-refractivity contribution in [3.8, 4) is 39.1 Å². The second kappa shape index (κ2) is 14.1. The molecule has 0 fully saturated rings. The van der Waals surface area contributed by atoms with Crippen molar-refractivity contribution in [1.82, 2.24) is 4.57 Å². The van der Waals surface area contributed by atoms with Crippen LogP contribution >= 0.6 is 0 Å². The molecule has 0 saturated heterocycles. The molecule has 0 amide bonds. The van der Waals surface area contributed by atoms with Crippen LogP contribution in [0.15, 0.2) is 231 Å². The van der Waals surface area contributed by atoms with Crippen molar-refractivity contribution < 1.29 is 0 Å². The van der Waals surface area contributed by atoms with Crippen molar-refractivity contribution in [2.24, 2.45) is 0 Å². The monoisotopic (exact) mass is 738 g/mol. The summed E-state index contributed by atoms with van der Waals surface area (Å²) in [6.45, 7) is 0. The summed E-state index contributed by atoms with van der Waals surface area (Å²) in [7, 11) is 0. The Bertz CT molecular complexity index is 3270. The summed E-state index contributed by atoms with van der Waals surface area (Å²) < 4.78 is 2.48. The van der Waals surface area contributed by atoms with Crippen LogP contribution in [-0.4, -0.2) is 4.57 Å². The molecule has 1 aromatic heterocycles. The predicted octanol–water partition coefficient (Wildman–Crippen LogP) is 15.6. The van der Waals surface area contributed by atoms with E-state index in [0.29, 0.717) is 0 Å². The summed E-state index contributed by atoms with van der Waals surface area (Å²) in [5, 5.41) is 7.38. The number of aromatic nitrogens is 1. The molecule has 58 heavy (non-hydrogen) atoms. The highest BCUT2D eigenvalue weighted by Gasteiger charge is 2.21. The van der Waals surface area contributed by atoms with E-state index in [1.807, 2.05) is 0 Å². The lowest BCUT2D eigenvalue weighted by Crippen LogP contribution is -2.11. The van der Waals surface area contributed by atoms with Gasteiger partial charge in [0.05, 0.1) is 22.4 Å². The zero-order chi connectivity index (χ0) is 38.4. The Balaban J connectivity index is 1.15. The van der Waals surface area contributed by atoms with Gasteiger partial charge in [0.2, 0.25) is 0 Å². The van der Waals surface area contributed by atoms with E-state index >= 15 is 0 Å². The first-order valence-corrected chi connectivity index (χ1v) is 19.9. The van der Waals surface area contributed by atoms with Gasteiger partial charge in [0.15, 0.2) is 0 Å². The maximum Gasteiger partial charge on any atom is 0.0562 e. The van der Waals surface area contributed by atoms with Gasteiger partial charge in [0, 0.05) is 33.3 Å². The minimum atomic E-state index is 1.08. The minimum Gasteiger partial charge on any atom is -0.310 e. The Morgan fingerprint density at radius 2 is 0.845 bits per heavy atom. The van der Waals surface area contributed by atoms with Gasteiger partial charge in [-0.3, -0.25) is 0 Å². The summed E-state index contributed by atoms with van der Waals surface area (Å²) >= 11 is 0. The Kier molecular flexibility index (Phi) is 8.19. The first-order chi connectivity index (χ1) is 28.8. The molecular formula is C56H38N2. The molecule has 0 atom stereocenters. The van der Waals surface area contributed by atoms with Gasteiger partial charge in [-0.15, -0.1) is 0 Å². The summed E-state index contributed by atoms with van der Waals surface area (Å²) in [6.07, 6.45) is 0. The number of hydrogen-bond donors (Lipinski definition) is 0. The molecule has 1 heterocycles. The molecule has 11 rings (SSSR count). The average molecular weight is 739 g/mol. The van der Waals surface area contributed by atoms with Crippen molar-refractivity contribution in [2.45, 2.75) is 0 Å². The van der Waals surface area contributed by atoms with E-state index in [2.05, 4.69) is 240 Å². The number of hydrogen-bond acceptors (Lipinski definition) is 1. The maximum atomic E-state index is 2.48. The topological polar surface area (TPSA) is 8.17 Å². The summed E-state index contributed by atoms with van der Waals surface area (Å²) in [5.41, 5.74) is 13.9.